The maximum absolute atomic E-state index is 12.3. The standard InChI is InChI=1S/C29H36O16/c1-15(30)37-13-23-22(39-17(3)32)11-12-29(35,44-23)45-26-25(40-18(4)33)24(14-38-16(2)31)43-28(27(26)41-19(5)34)42-21-9-7-20(36-6)8-10-21/h7-12,22-28,35H,13-14H2,1-6H3/t22-,23+,24+,25-,26-,27+,28+,29?/m0/s1. The van der Waals surface area contributed by atoms with E-state index in [0.717, 1.165) is 40.7 Å². The summed E-state index contributed by atoms with van der Waals surface area (Å²) in [4.78, 5) is 59.4. The Morgan fingerprint density at radius 2 is 1.27 bits per heavy atom. The van der Waals surface area contributed by atoms with Gasteiger partial charge in [0.1, 0.15) is 49.1 Å². The third kappa shape index (κ3) is 10.4. The largest absolute Gasteiger partial charge is 0.497 e. The highest BCUT2D eigenvalue weighted by molar-refractivity contribution is 5.68. The van der Waals surface area contributed by atoms with Crippen LogP contribution in [0, 0.1) is 0 Å². The van der Waals surface area contributed by atoms with Crippen molar-refractivity contribution in [3.8, 4) is 11.5 Å². The molecule has 248 valence electrons. The molecule has 2 heterocycles. The summed E-state index contributed by atoms with van der Waals surface area (Å²) in [5.41, 5.74) is 0. The number of hydrogen-bond acceptors (Lipinski definition) is 16. The van der Waals surface area contributed by atoms with E-state index in [1.165, 1.54) is 25.3 Å². The minimum Gasteiger partial charge on any atom is -0.497 e. The fraction of sp³-hybridized carbons (Fsp3) is 0.552. The number of benzene rings is 1. The minimum atomic E-state index is -2.67. The van der Waals surface area contributed by atoms with Gasteiger partial charge >= 0.3 is 35.8 Å². The molecule has 1 saturated heterocycles. The SMILES string of the molecule is COc1ccc(O[C@@H]2O[C@H](COC(C)=O)[C@H](OC(C)=O)[C@H](OC3(O)C=C[C@H](OC(C)=O)[C@@H](COC(C)=O)O3)[C@H]2OC(C)=O)cc1. The summed E-state index contributed by atoms with van der Waals surface area (Å²) < 4.78 is 55.1. The third-order valence-electron chi connectivity index (χ3n) is 6.20. The lowest BCUT2D eigenvalue weighted by Gasteiger charge is -2.47. The van der Waals surface area contributed by atoms with Gasteiger partial charge in [0.2, 0.25) is 6.29 Å². The molecule has 0 radical (unpaired) electrons. The number of hydrogen-bond donors (Lipinski definition) is 1. The highest BCUT2D eigenvalue weighted by atomic mass is 16.8. The molecule has 2 aliphatic rings. The first-order chi connectivity index (χ1) is 21.2. The second-order valence-electron chi connectivity index (χ2n) is 9.89. The Hall–Kier alpha value is -4.25. The number of aliphatic hydroxyl groups is 1. The predicted molar refractivity (Wildman–Crippen MR) is 146 cm³/mol. The Morgan fingerprint density at radius 1 is 0.733 bits per heavy atom. The van der Waals surface area contributed by atoms with E-state index in [0.29, 0.717) is 5.75 Å². The lowest BCUT2D eigenvalue weighted by atomic mass is 9.97. The molecular formula is C29H36O16. The van der Waals surface area contributed by atoms with Crippen LogP contribution in [0.1, 0.15) is 34.6 Å². The van der Waals surface area contributed by atoms with Crippen molar-refractivity contribution < 1.29 is 76.4 Å². The summed E-state index contributed by atoms with van der Waals surface area (Å²) >= 11 is 0. The first kappa shape index (κ1) is 35.2. The normalized spacial score (nSPS) is 29.1. The summed E-state index contributed by atoms with van der Waals surface area (Å²) in [5, 5.41) is 11.5. The van der Waals surface area contributed by atoms with Crippen molar-refractivity contribution >= 4 is 29.8 Å². The summed E-state index contributed by atoms with van der Waals surface area (Å²) in [6.07, 6.45) is -7.53. The highest BCUT2D eigenvalue weighted by Gasteiger charge is 2.55. The van der Waals surface area contributed by atoms with Gasteiger partial charge in [-0.1, -0.05) is 0 Å². The molecule has 2 aliphatic heterocycles. The van der Waals surface area contributed by atoms with Gasteiger partial charge in [-0.15, -0.1) is 0 Å². The number of rotatable bonds is 12. The number of esters is 5. The monoisotopic (exact) mass is 640 g/mol. The van der Waals surface area contributed by atoms with Gasteiger partial charge in [0.25, 0.3) is 0 Å². The second-order valence-corrected chi connectivity index (χ2v) is 9.89. The van der Waals surface area contributed by atoms with Crippen LogP contribution in [0.15, 0.2) is 36.4 Å². The highest BCUT2D eigenvalue weighted by Crippen LogP contribution is 2.35. The molecule has 1 fully saturated rings. The molecule has 3 rings (SSSR count). The molecule has 45 heavy (non-hydrogen) atoms. The summed E-state index contributed by atoms with van der Waals surface area (Å²) in [6, 6.07) is 6.27. The van der Waals surface area contributed by atoms with E-state index in [2.05, 4.69) is 0 Å². The molecule has 16 heteroatoms. The van der Waals surface area contributed by atoms with Crippen LogP contribution in [0.5, 0.6) is 11.5 Å². The maximum atomic E-state index is 12.3. The summed E-state index contributed by atoms with van der Waals surface area (Å²) in [6.45, 7) is 4.69. The van der Waals surface area contributed by atoms with E-state index in [9.17, 15) is 29.1 Å². The van der Waals surface area contributed by atoms with Crippen molar-refractivity contribution in [3.05, 3.63) is 36.4 Å². The Balaban J connectivity index is 2.05. The quantitative estimate of drug-likeness (QED) is 0.145. The van der Waals surface area contributed by atoms with Gasteiger partial charge in [-0.3, -0.25) is 24.0 Å². The Kier molecular flexibility index (Phi) is 12.3. The average Bonchev–Trinajstić information content (AvgIpc) is 2.95. The zero-order chi connectivity index (χ0) is 33.3. The molecule has 1 aromatic carbocycles. The smallest absolute Gasteiger partial charge is 0.303 e. The van der Waals surface area contributed by atoms with Crippen LogP contribution < -0.4 is 9.47 Å². The zero-order valence-electron chi connectivity index (χ0n) is 25.5. The lowest BCUT2D eigenvalue weighted by molar-refractivity contribution is -0.404. The van der Waals surface area contributed by atoms with Gasteiger partial charge in [0.15, 0.2) is 12.2 Å². The van der Waals surface area contributed by atoms with Crippen molar-refractivity contribution in [2.75, 3.05) is 20.3 Å². The van der Waals surface area contributed by atoms with Crippen LogP contribution in [0.25, 0.3) is 0 Å². The van der Waals surface area contributed by atoms with Crippen molar-refractivity contribution in [3.63, 3.8) is 0 Å². The Bertz CT molecular complexity index is 1250. The molecule has 0 spiro atoms. The number of methoxy groups -OCH3 is 1. The van der Waals surface area contributed by atoms with E-state index in [-0.39, 0.29) is 5.75 Å². The van der Waals surface area contributed by atoms with Crippen LogP contribution in [0.4, 0.5) is 0 Å². The second kappa shape index (κ2) is 15.7. The fourth-order valence-corrected chi connectivity index (χ4v) is 4.44. The Labute approximate surface area is 258 Å². The molecule has 1 N–H and O–H groups in total. The Morgan fingerprint density at radius 3 is 1.80 bits per heavy atom. The summed E-state index contributed by atoms with van der Waals surface area (Å²) in [5.74, 6) is -5.62. The maximum Gasteiger partial charge on any atom is 0.303 e. The van der Waals surface area contributed by atoms with Crippen molar-refractivity contribution in [2.45, 2.75) is 83.5 Å². The van der Waals surface area contributed by atoms with Gasteiger partial charge in [-0.05, 0) is 30.3 Å². The molecule has 8 atom stereocenters. The fourth-order valence-electron chi connectivity index (χ4n) is 4.44. The van der Waals surface area contributed by atoms with Gasteiger partial charge < -0.3 is 52.5 Å². The van der Waals surface area contributed by atoms with Gasteiger partial charge in [0.05, 0.1) is 7.11 Å². The molecule has 0 bridgehead atoms. The first-order valence-electron chi connectivity index (χ1n) is 13.7. The van der Waals surface area contributed by atoms with E-state index < -0.39 is 91.9 Å². The van der Waals surface area contributed by atoms with Crippen molar-refractivity contribution in [2.24, 2.45) is 0 Å². The average molecular weight is 641 g/mol. The topological polar surface area (TPSA) is 198 Å². The van der Waals surface area contributed by atoms with E-state index in [4.69, 9.17) is 47.4 Å². The van der Waals surface area contributed by atoms with E-state index >= 15 is 0 Å². The molecule has 16 nitrogen and oxygen atoms in total. The van der Waals surface area contributed by atoms with Crippen LogP contribution >= 0.6 is 0 Å². The van der Waals surface area contributed by atoms with Gasteiger partial charge in [-0.25, -0.2) is 0 Å². The van der Waals surface area contributed by atoms with Crippen molar-refractivity contribution in [1.82, 2.24) is 0 Å². The molecule has 0 aromatic heterocycles. The van der Waals surface area contributed by atoms with Crippen LogP contribution in [0.2, 0.25) is 0 Å². The van der Waals surface area contributed by atoms with Gasteiger partial charge in [0, 0.05) is 40.7 Å². The molecule has 1 aromatic rings. The van der Waals surface area contributed by atoms with E-state index in [1.54, 1.807) is 12.1 Å². The molecular weight excluding hydrogens is 604 g/mol. The molecule has 0 amide bonds. The lowest BCUT2D eigenvalue weighted by Crippen LogP contribution is -2.65. The zero-order valence-corrected chi connectivity index (χ0v) is 25.5. The van der Waals surface area contributed by atoms with Crippen LogP contribution in [-0.2, 0) is 61.9 Å². The number of carbonyl (C=O) groups excluding carboxylic acids is 5. The van der Waals surface area contributed by atoms with E-state index in [1.807, 2.05) is 0 Å². The molecule has 0 saturated carbocycles. The molecule has 0 aliphatic carbocycles. The van der Waals surface area contributed by atoms with Crippen LogP contribution in [0.3, 0.4) is 0 Å². The third-order valence-corrected chi connectivity index (χ3v) is 6.20. The van der Waals surface area contributed by atoms with Crippen LogP contribution in [-0.4, -0.2) is 104 Å². The summed E-state index contributed by atoms with van der Waals surface area (Å²) in [7, 11) is 1.48. The van der Waals surface area contributed by atoms with Gasteiger partial charge in [-0.2, -0.15) is 0 Å². The predicted octanol–water partition coefficient (Wildman–Crippen LogP) is 0.707. The number of ether oxygens (including phenoxy) is 10. The minimum absolute atomic E-state index is 0.229. The number of carbonyl (C=O) groups is 5. The van der Waals surface area contributed by atoms with Crippen molar-refractivity contribution in [1.29, 1.82) is 0 Å². The molecule has 1 unspecified atom stereocenters. The first-order valence-corrected chi connectivity index (χ1v) is 13.7.